The Morgan fingerprint density at radius 2 is 1.68 bits per heavy atom. The van der Waals surface area contributed by atoms with Crippen LogP contribution in [0.15, 0.2) is 34.1 Å². The predicted octanol–water partition coefficient (Wildman–Crippen LogP) is 3.49. The number of benzene rings is 1. The van der Waals surface area contributed by atoms with Crippen molar-refractivity contribution in [3.8, 4) is 0 Å². The number of H-pyrrole nitrogens is 2. The molecule has 0 spiro atoms. The van der Waals surface area contributed by atoms with Crippen LogP contribution in [0, 0.1) is 0 Å². The summed E-state index contributed by atoms with van der Waals surface area (Å²) in [5.41, 5.74) is -4.48. The Morgan fingerprint density at radius 1 is 1.00 bits per heavy atom. The molecule has 2 N–H and O–H groups in total. The minimum Gasteiger partial charge on any atom is -0.293 e. The van der Waals surface area contributed by atoms with E-state index in [0.29, 0.717) is 12.3 Å². The van der Waals surface area contributed by atoms with Gasteiger partial charge in [0.2, 0.25) is 0 Å². The standard InChI is InChI=1S/C12H7F6N3O/c13-11(14,15)6-2-1-3-7(4-6)19-5-8-9(12(16,17)18)20-21-10(8)22/h1-5H,(H2,20,21,22). The minimum absolute atomic E-state index is 0.233. The number of rotatable bonds is 2. The Labute approximate surface area is 118 Å². The van der Waals surface area contributed by atoms with E-state index in [-0.39, 0.29) is 5.69 Å². The van der Waals surface area contributed by atoms with Gasteiger partial charge in [-0.1, -0.05) is 6.07 Å². The molecule has 0 saturated carbocycles. The lowest BCUT2D eigenvalue weighted by molar-refractivity contribution is -0.141. The van der Waals surface area contributed by atoms with Gasteiger partial charge in [-0.15, -0.1) is 0 Å². The molecule has 0 aliphatic carbocycles. The summed E-state index contributed by atoms with van der Waals surface area (Å²) in [5.74, 6) is 0. The van der Waals surface area contributed by atoms with Gasteiger partial charge in [-0.2, -0.15) is 26.3 Å². The summed E-state index contributed by atoms with van der Waals surface area (Å²) < 4.78 is 75.3. The molecule has 0 atom stereocenters. The van der Waals surface area contributed by atoms with Crippen molar-refractivity contribution in [1.82, 2.24) is 10.2 Å². The van der Waals surface area contributed by atoms with Crippen molar-refractivity contribution < 1.29 is 26.3 Å². The number of nitrogens with zero attached hydrogens (tertiary/aromatic N) is 1. The van der Waals surface area contributed by atoms with Crippen LogP contribution in [0.25, 0.3) is 0 Å². The summed E-state index contributed by atoms with van der Waals surface area (Å²) in [6.45, 7) is 0. The smallest absolute Gasteiger partial charge is 0.293 e. The third-order valence-corrected chi connectivity index (χ3v) is 2.61. The first-order chi connectivity index (χ1) is 10.1. The van der Waals surface area contributed by atoms with Crippen molar-refractivity contribution in [3.05, 3.63) is 51.4 Å². The SMILES string of the molecule is O=c1[nH][nH]c(C(F)(F)F)c1C=Nc1cccc(C(F)(F)F)c1. The van der Waals surface area contributed by atoms with E-state index >= 15 is 0 Å². The highest BCUT2D eigenvalue weighted by Gasteiger charge is 2.36. The van der Waals surface area contributed by atoms with Crippen LogP contribution in [0.1, 0.15) is 16.8 Å². The van der Waals surface area contributed by atoms with Crippen molar-refractivity contribution in [2.24, 2.45) is 4.99 Å². The van der Waals surface area contributed by atoms with E-state index in [2.05, 4.69) is 4.99 Å². The molecule has 0 amide bonds. The number of aromatic nitrogens is 2. The molecule has 1 heterocycles. The fraction of sp³-hybridized carbons (Fsp3) is 0.167. The van der Waals surface area contributed by atoms with Gasteiger partial charge in [0, 0.05) is 6.21 Å². The van der Waals surface area contributed by atoms with Crippen molar-refractivity contribution in [2.45, 2.75) is 12.4 Å². The molecular weight excluding hydrogens is 316 g/mol. The quantitative estimate of drug-likeness (QED) is 0.645. The molecule has 0 saturated heterocycles. The minimum atomic E-state index is -4.83. The monoisotopic (exact) mass is 323 g/mol. The Morgan fingerprint density at radius 3 is 2.27 bits per heavy atom. The molecule has 0 aliphatic rings. The highest BCUT2D eigenvalue weighted by molar-refractivity contribution is 5.83. The van der Waals surface area contributed by atoms with E-state index in [9.17, 15) is 31.1 Å². The summed E-state index contributed by atoms with van der Waals surface area (Å²) in [5, 5.41) is 3.40. The Hall–Kier alpha value is -2.52. The Kier molecular flexibility index (Phi) is 3.86. The average Bonchev–Trinajstić information content (AvgIpc) is 2.77. The van der Waals surface area contributed by atoms with Gasteiger partial charge >= 0.3 is 12.4 Å². The summed E-state index contributed by atoms with van der Waals surface area (Å²) >= 11 is 0. The van der Waals surface area contributed by atoms with Crippen LogP contribution in [-0.4, -0.2) is 16.4 Å². The number of nitrogens with one attached hydrogen (secondary N) is 2. The van der Waals surface area contributed by atoms with Crippen molar-refractivity contribution in [2.75, 3.05) is 0 Å². The first kappa shape index (κ1) is 15.9. The summed E-state index contributed by atoms with van der Waals surface area (Å²) in [6.07, 6.45) is -8.86. The molecule has 2 aromatic rings. The molecule has 2 rings (SSSR count). The number of aromatic amines is 2. The van der Waals surface area contributed by atoms with Crippen molar-refractivity contribution >= 4 is 11.9 Å². The molecule has 0 aliphatic heterocycles. The van der Waals surface area contributed by atoms with E-state index in [1.165, 1.54) is 6.07 Å². The topological polar surface area (TPSA) is 61.0 Å². The second kappa shape index (κ2) is 5.35. The first-order valence-electron chi connectivity index (χ1n) is 5.68. The van der Waals surface area contributed by atoms with Crippen LogP contribution >= 0.6 is 0 Å². The zero-order valence-electron chi connectivity index (χ0n) is 10.5. The van der Waals surface area contributed by atoms with E-state index in [1.54, 1.807) is 10.2 Å². The van der Waals surface area contributed by atoms with Crippen LogP contribution in [0.5, 0.6) is 0 Å². The van der Waals surface area contributed by atoms with Gasteiger partial charge in [-0.3, -0.25) is 20.0 Å². The lowest BCUT2D eigenvalue weighted by Gasteiger charge is -2.06. The van der Waals surface area contributed by atoms with Crippen LogP contribution in [-0.2, 0) is 12.4 Å². The second-order valence-corrected chi connectivity index (χ2v) is 4.17. The van der Waals surface area contributed by atoms with Crippen molar-refractivity contribution in [1.29, 1.82) is 0 Å². The van der Waals surface area contributed by atoms with Gasteiger partial charge in [0.05, 0.1) is 16.8 Å². The molecule has 4 nitrogen and oxygen atoms in total. The van der Waals surface area contributed by atoms with E-state index in [4.69, 9.17) is 0 Å². The molecule has 0 fully saturated rings. The molecule has 0 bridgehead atoms. The van der Waals surface area contributed by atoms with Gasteiger partial charge in [-0.25, -0.2) is 0 Å². The van der Waals surface area contributed by atoms with E-state index < -0.39 is 34.7 Å². The molecule has 1 aromatic heterocycles. The number of hydrogen-bond acceptors (Lipinski definition) is 2. The molecule has 0 radical (unpaired) electrons. The van der Waals surface area contributed by atoms with E-state index in [0.717, 1.165) is 12.1 Å². The maximum absolute atomic E-state index is 12.6. The maximum Gasteiger partial charge on any atom is 0.433 e. The molecule has 10 heteroatoms. The molecule has 1 aromatic carbocycles. The summed E-state index contributed by atoms with van der Waals surface area (Å²) in [6, 6.07) is 3.68. The number of hydrogen-bond donors (Lipinski definition) is 2. The number of aliphatic imine (C=N–C) groups is 1. The lowest BCUT2D eigenvalue weighted by Crippen LogP contribution is -2.12. The van der Waals surface area contributed by atoms with Gasteiger partial charge < -0.3 is 0 Å². The highest BCUT2D eigenvalue weighted by Crippen LogP contribution is 2.31. The summed E-state index contributed by atoms with van der Waals surface area (Å²) in [4.78, 5) is 14.8. The van der Waals surface area contributed by atoms with Gasteiger partial charge in [-0.05, 0) is 18.2 Å². The average molecular weight is 323 g/mol. The molecule has 118 valence electrons. The zero-order chi connectivity index (χ0) is 16.5. The van der Waals surface area contributed by atoms with Gasteiger partial charge in [0.1, 0.15) is 0 Å². The molecular formula is C12H7F6N3O. The van der Waals surface area contributed by atoms with Crippen molar-refractivity contribution in [3.63, 3.8) is 0 Å². The van der Waals surface area contributed by atoms with Crippen LogP contribution in [0.2, 0.25) is 0 Å². The molecule has 22 heavy (non-hydrogen) atoms. The molecule has 0 unspecified atom stereocenters. The summed E-state index contributed by atoms with van der Waals surface area (Å²) in [7, 11) is 0. The number of alkyl halides is 6. The lowest BCUT2D eigenvalue weighted by atomic mass is 10.2. The van der Waals surface area contributed by atoms with Gasteiger partial charge in [0.15, 0.2) is 5.69 Å². The fourth-order valence-electron chi connectivity index (χ4n) is 1.62. The third kappa shape index (κ3) is 3.38. The highest BCUT2D eigenvalue weighted by atomic mass is 19.4. The predicted molar refractivity (Wildman–Crippen MR) is 65.1 cm³/mol. The Bertz CT molecular complexity index is 753. The number of halogens is 6. The maximum atomic E-state index is 12.6. The van der Waals surface area contributed by atoms with Crippen LogP contribution in [0.4, 0.5) is 32.0 Å². The van der Waals surface area contributed by atoms with E-state index in [1.807, 2.05) is 0 Å². The zero-order valence-corrected chi connectivity index (χ0v) is 10.5. The van der Waals surface area contributed by atoms with Crippen LogP contribution < -0.4 is 5.56 Å². The normalized spacial score (nSPS) is 13.0. The largest absolute Gasteiger partial charge is 0.433 e. The Balaban J connectivity index is 2.38. The van der Waals surface area contributed by atoms with Gasteiger partial charge in [0.25, 0.3) is 5.56 Å². The third-order valence-electron chi connectivity index (χ3n) is 2.61. The second-order valence-electron chi connectivity index (χ2n) is 4.17. The fourth-order valence-corrected chi connectivity index (χ4v) is 1.62. The van der Waals surface area contributed by atoms with Crippen LogP contribution in [0.3, 0.4) is 0 Å². The first-order valence-corrected chi connectivity index (χ1v) is 5.68.